The molecule has 1 aliphatic rings. The van der Waals surface area contributed by atoms with E-state index < -0.39 is 11.7 Å². The summed E-state index contributed by atoms with van der Waals surface area (Å²) in [7, 11) is 3.04. The number of rotatable bonds is 7. The Labute approximate surface area is 201 Å². The topological polar surface area (TPSA) is 59.8 Å². The molecule has 0 saturated carbocycles. The largest absolute Gasteiger partial charge is 0.497 e. The lowest BCUT2D eigenvalue weighted by molar-refractivity contribution is -0.137. The number of halogens is 3. The number of nitrogens with zero attached hydrogens (tertiary/aromatic N) is 4. The highest BCUT2D eigenvalue weighted by Crippen LogP contribution is 2.31. The fraction of sp³-hybridized carbons (Fsp3) is 0.360. The minimum Gasteiger partial charge on any atom is -0.497 e. The number of alkyl halides is 3. The maximum atomic E-state index is 13.2. The zero-order valence-corrected chi connectivity index (χ0v) is 19.6. The van der Waals surface area contributed by atoms with E-state index in [0.717, 1.165) is 43.9 Å². The monoisotopic (exact) mass is 488 g/mol. The second-order valence-electron chi connectivity index (χ2n) is 8.27. The molecule has 0 N–H and O–H groups in total. The zero-order chi connectivity index (χ0) is 25.0. The van der Waals surface area contributed by atoms with Gasteiger partial charge in [0.05, 0.1) is 31.7 Å². The first-order chi connectivity index (χ1) is 16.8. The van der Waals surface area contributed by atoms with E-state index in [1.165, 1.54) is 35.7 Å². The van der Waals surface area contributed by atoms with E-state index in [4.69, 9.17) is 9.47 Å². The molecule has 1 amide bonds. The third kappa shape index (κ3) is 5.76. The summed E-state index contributed by atoms with van der Waals surface area (Å²) in [4.78, 5) is 17.2. The number of carbonyl (C=O) groups excluding carboxylic acids is 1. The summed E-state index contributed by atoms with van der Waals surface area (Å²) in [6.07, 6.45) is -2.15. The van der Waals surface area contributed by atoms with Crippen molar-refractivity contribution in [1.82, 2.24) is 19.6 Å². The van der Waals surface area contributed by atoms with Crippen molar-refractivity contribution in [3.8, 4) is 17.2 Å². The SMILES string of the molecule is COc1ccc(CCN2CCN(C(=O)c3nn(-c4cccc(C(F)(F)F)c4)cc3OC)CC2)cc1. The minimum absolute atomic E-state index is 0.0802. The lowest BCUT2D eigenvalue weighted by Crippen LogP contribution is -2.49. The molecule has 1 aromatic heterocycles. The van der Waals surface area contributed by atoms with E-state index in [-0.39, 0.29) is 23.0 Å². The number of hydrogen-bond acceptors (Lipinski definition) is 5. The van der Waals surface area contributed by atoms with Gasteiger partial charge in [-0.3, -0.25) is 9.69 Å². The Balaban J connectivity index is 1.39. The van der Waals surface area contributed by atoms with Gasteiger partial charge in [-0.05, 0) is 42.3 Å². The average Bonchev–Trinajstić information content (AvgIpc) is 3.32. The molecule has 7 nitrogen and oxygen atoms in total. The predicted molar refractivity (Wildman–Crippen MR) is 124 cm³/mol. The molecule has 0 unspecified atom stereocenters. The molecule has 2 aromatic carbocycles. The van der Waals surface area contributed by atoms with Crippen molar-refractivity contribution in [3.63, 3.8) is 0 Å². The van der Waals surface area contributed by atoms with E-state index in [0.29, 0.717) is 13.1 Å². The van der Waals surface area contributed by atoms with Crippen LogP contribution in [0.3, 0.4) is 0 Å². The molecule has 0 radical (unpaired) electrons. The highest BCUT2D eigenvalue weighted by atomic mass is 19.4. The molecule has 2 heterocycles. The van der Waals surface area contributed by atoms with Gasteiger partial charge in [-0.15, -0.1) is 0 Å². The molecule has 1 aliphatic heterocycles. The van der Waals surface area contributed by atoms with Crippen LogP contribution in [0.15, 0.2) is 54.7 Å². The first-order valence-electron chi connectivity index (χ1n) is 11.2. The van der Waals surface area contributed by atoms with Gasteiger partial charge < -0.3 is 14.4 Å². The van der Waals surface area contributed by atoms with Gasteiger partial charge in [0.25, 0.3) is 5.91 Å². The highest BCUT2D eigenvalue weighted by Gasteiger charge is 2.31. The van der Waals surface area contributed by atoms with Crippen LogP contribution in [-0.2, 0) is 12.6 Å². The summed E-state index contributed by atoms with van der Waals surface area (Å²) < 4.78 is 51.0. The van der Waals surface area contributed by atoms with Crippen molar-refractivity contribution >= 4 is 5.91 Å². The van der Waals surface area contributed by atoms with Gasteiger partial charge in [0.2, 0.25) is 0 Å². The van der Waals surface area contributed by atoms with Crippen molar-refractivity contribution < 1.29 is 27.4 Å². The summed E-state index contributed by atoms with van der Waals surface area (Å²) in [6.45, 7) is 3.38. The van der Waals surface area contributed by atoms with Crippen LogP contribution in [0.1, 0.15) is 21.6 Å². The van der Waals surface area contributed by atoms with Gasteiger partial charge in [-0.1, -0.05) is 18.2 Å². The zero-order valence-electron chi connectivity index (χ0n) is 19.6. The van der Waals surface area contributed by atoms with Crippen molar-refractivity contribution in [1.29, 1.82) is 0 Å². The van der Waals surface area contributed by atoms with Crippen LogP contribution < -0.4 is 9.47 Å². The maximum absolute atomic E-state index is 13.2. The van der Waals surface area contributed by atoms with Gasteiger partial charge in [0.15, 0.2) is 11.4 Å². The minimum atomic E-state index is -4.47. The third-order valence-corrected chi connectivity index (χ3v) is 6.08. The van der Waals surface area contributed by atoms with Crippen molar-refractivity contribution in [2.75, 3.05) is 46.9 Å². The average molecular weight is 489 g/mol. The summed E-state index contributed by atoms with van der Waals surface area (Å²) in [5.41, 5.74) is 0.703. The van der Waals surface area contributed by atoms with Gasteiger partial charge in [0.1, 0.15) is 5.75 Å². The molecule has 1 fully saturated rings. The number of ether oxygens (including phenoxy) is 2. The Morgan fingerprint density at radius 1 is 1.00 bits per heavy atom. The lowest BCUT2D eigenvalue weighted by Gasteiger charge is -2.34. The predicted octanol–water partition coefficient (Wildman–Crippen LogP) is 3.91. The number of carbonyl (C=O) groups is 1. The number of piperazine rings is 1. The molecule has 10 heteroatoms. The van der Waals surface area contributed by atoms with E-state index in [1.54, 1.807) is 12.0 Å². The molecule has 0 aliphatic carbocycles. The van der Waals surface area contributed by atoms with Crippen molar-refractivity contribution in [3.05, 3.63) is 71.5 Å². The molecular weight excluding hydrogens is 461 g/mol. The highest BCUT2D eigenvalue weighted by molar-refractivity contribution is 5.95. The standard InChI is InChI=1S/C25H27F3N4O3/c1-34-21-8-6-18(7-9-21)10-11-30-12-14-31(15-13-30)24(33)23-22(35-2)17-32(29-23)20-5-3-4-19(16-20)25(26,27)28/h3-9,16-17H,10-15H2,1-2H3. The number of aromatic nitrogens is 2. The van der Waals surface area contributed by atoms with Crippen LogP contribution in [0, 0.1) is 0 Å². The van der Waals surface area contributed by atoms with Gasteiger partial charge in [-0.2, -0.15) is 18.3 Å². The van der Waals surface area contributed by atoms with E-state index >= 15 is 0 Å². The van der Waals surface area contributed by atoms with Crippen LogP contribution in [0.25, 0.3) is 5.69 Å². The van der Waals surface area contributed by atoms with Crippen molar-refractivity contribution in [2.24, 2.45) is 0 Å². The second kappa shape index (κ2) is 10.4. The fourth-order valence-corrected chi connectivity index (χ4v) is 4.02. The van der Waals surface area contributed by atoms with E-state index in [2.05, 4.69) is 10.00 Å². The number of hydrogen-bond donors (Lipinski definition) is 0. The lowest BCUT2D eigenvalue weighted by atomic mass is 10.1. The van der Waals surface area contributed by atoms with E-state index in [1.807, 2.05) is 24.3 Å². The Bertz CT molecular complexity index is 1150. The number of methoxy groups -OCH3 is 2. The Morgan fingerprint density at radius 3 is 2.34 bits per heavy atom. The normalized spacial score (nSPS) is 14.7. The van der Waals surface area contributed by atoms with Gasteiger partial charge >= 0.3 is 6.18 Å². The summed E-state index contributed by atoms with van der Waals surface area (Å²) in [6, 6.07) is 12.8. The Hall–Kier alpha value is -3.53. The molecule has 1 saturated heterocycles. The van der Waals surface area contributed by atoms with Crippen LogP contribution >= 0.6 is 0 Å². The van der Waals surface area contributed by atoms with Crippen LogP contribution in [0.5, 0.6) is 11.5 Å². The second-order valence-corrected chi connectivity index (χ2v) is 8.27. The van der Waals surface area contributed by atoms with Crippen LogP contribution in [0.2, 0.25) is 0 Å². The fourth-order valence-electron chi connectivity index (χ4n) is 4.02. The van der Waals surface area contributed by atoms with Crippen LogP contribution in [-0.4, -0.2) is 72.4 Å². The smallest absolute Gasteiger partial charge is 0.416 e. The quantitative estimate of drug-likeness (QED) is 0.505. The van der Waals surface area contributed by atoms with E-state index in [9.17, 15) is 18.0 Å². The maximum Gasteiger partial charge on any atom is 0.416 e. The molecular formula is C25H27F3N4O3. The Morgan fingerprint density at radius 2 is 1.71 bits per heavy atom. The number of amides is 1. The number of benzene rings is 2. The summed E-state index contributed by atoms with van der Waals surface area (Å²) in [5.74, 6) is 0.739. The molecule has 35 heavy (non-hydrogen) atoms. The first-order valence-corrected chi connectivity index (χ1v) is 11.2. The molecule has 186 valence electrons. The molecule has 0 spiro atoms. The Kier molecular flexibility index (Phi) is 7.30. The summed E-state index contributed by atoms with van der Waals surface area (Å²) >= 11 is 0. The molecule has 4 rings (SSSR count). The molecule has 3 aromatic rings. The molecule has 0 bridgehead atoms. The van der Waals surface area contributed by atoms with Gasteiger partial charge in [-0.25, -0.2) is 4.68 Å². The molecule has 0 atom stereocenters. The third-order valence-electron chi connectivity index (χ3n) is 6.08. The first kappa shape index (κ1) is 24.6. The van der Waals surface area contributed by atoms with Gasteiger partial charge in [0, 0.05) is 32.7 Å². The van der Waals surface area contributed by atoms with Crippen LogP contribution in [0.4, 0.5) is 13.2 Å². The van der Waals surface area contributed by atoms with Crippen molar-refractivity contribution in [2.45, 2.75) is 12.6 Å². The summed E-state index contributed by atoms with van der Waals surface area (Å²) in [5, 5.41) is 4.27.